The van der Waals surface area contributed by atoms with E-state index in [1.807, 2.05) is 13.0 Å². The third-order valence-corrected chi connectivity index (χ3v) is 2.15. The number of hydrogen-bond donors (Lipinski definition) is 2. The van der Waals surface area contributed by atoms with Crippen LogP contribution < -0.4 is 10.6 Å². The Morgan fingerprint density at radius 1 is 1.64 bits per heavy atom. The molecule has 1 rings (SSSR count). The van der Waals surface area contributed by atoms with Gasteiger partial charge in [-0.15, -0.1) is 0 Å². The number of carbonyl (C=O) groups excluding carboxylic acids is 2. The highest BCUT2D eigenvalue weighted by Crippen LogP contribution is 2.08. The summed E-state index contributed by atoms with van der Waals surface area (Å²) in [6.45, 7) is 5.58. The summed E-state index contributed by atoms with van der Waals surface area (Å²) in [5.41, 5.74) is 0.951. The predicted molar refractivity (Wildman–Crippen MR) is 53.5 cm³/mol. The number of piperazine rings is 1. The lowest BCUT2D eigenvalue weighted by atomic mass is 10.0. The number of amides is 2. The summed E-state index contributed by atoms with van der Waals surface area (Å²) >= 11 is 0. The molecule has 1 fully saturated rings. The van der Waals surface area contributed by atoms with E-state index in [0.717, 1.165) is 5.57 Å². The Balaban J connectivity index is 2.62. The number of nitrogens with one attached hydrogen (secondary N) is 2. The van der Waals surface area contributed by atoms with E-state index in [9.17, 15) is 9.59 Å². The zero-order valence-corrected chi connectivity index (χ0v) is 8.17. The number of rotatable bonds is 3. The maximum atomic E-state index is 11.3. The maximum Gasteiger partial charge on any atom is 0.243 e. The van der Waals surface area contributed by atoms with Gasteiger partial charge in [0.1, 0.15) is 6.04 Å². The van der Waals surface area contributed by atoms with Gasteiger partial charge in [0.25, 0.3) is 0 Å². The first-order valence-electron chi connectivity index (χ1n) is 4.52. The molecule has 1 saturated heterocycles. The molecule has 0 aromatic rings. The van der Waals surface area contributed by atoms with E-state index in [0.29, 0.717) is 6.42 Å². The van der Waals surface area contributed by atoms with Crippen LogP contribution in [0.3, 0.4) is 0 Å². The maximum absolute atomic E-state index is 11.3. The van der Waals surface area contributed by atoms with Crippen LogP contribution in [0.1, 0.15) is 13.3 Å². The van der Waals surface area contributed by atoms with Crippen LogP contribution in [0.15, 0.2) is 24.3 Å². The van der Waals surface area contributed by atoms with Gasteiger partial charge in [-0.3, -0.25) is 9.59 Å². The topological polar surface area (TPSA) is 58.2 Å². The largest absolute Gasteiger partial charge is 0.345 e. The first-order valence-corrected chi connectivity index (χ1v) is 4.52. The highest BCUT2D eigenvalue weighted by Gasteiger charge is 2.25. The van der Waals surface area contributed by atoms with Crippen LogP contribution in [-0.4, -0.2) is 24.4 Å². The van der Waals surface area contributed by atoms with Crippen LogP contribution in [0.5, 0.6) is 0 Å². The molecule has 0 aromatic carbocycles. The number of carbonyl (C=O) groups is 2. The minimum Gasteiger partial charge on any atom is -0.345 e. The molecule has 4 nitrogen and oxygen atoms in total. The van der Waals surface area contributed by atoms with Gasteiger partial charge in [0.2, 0.25) is 11.8 Å². The number of allylic oxidation sites excluding steroid dienone is 2. The van der Waals surface area contributed by atoms with E-state index >= 15 is 0 Å². The van der Waals surface area contributed by atoms with Crippen molar-refractivity contribution >= 4 is 11.8 Å². The predicted octanol–water partition coefficient (Wildman–Crippen LogP) is 0.123. The molecular formula is C10H14N2O2. The van der Waals surface area contributed by atoms with Crippen LogP contribution in [0.4, 0.5) is 0 Å². The van der Waals surface area contributed by atoms with Crippen LogP contribution >= 0.6 is 0 Å². The zero-order chi connectivity index (χ0) is 10.6. The molecule has 1 unspecified atom stereocenters. The molecule has 1 aliphatic heterocycles. The van der Waals surface area contributed by atoms with Crippen molar-refractivity contribution in [1.29, 1.82) is 0 Å². The fourth-order valence-corrected chi connectivity index (χ4v) is 1.30. The highest BCUT2D eigenvalue weighted by atomic mass is 16.2. The Morgan fingerprint density at radius 3 is 2.93 bits per heavy atom. The second-order valence-corrected chi connectivity index (χ2v) is 3.11. The van der Waals surface area contributed by atoms with Crippen molar-refractivity contribution in [2.24, 2.45) is 0 Å². The lowest BCUT2D eigenvalue weighted by Crippen LogP contribution is -2.56. The van der Waals surface area contributed by atoms with Crippen molar-refractivity contribution in [3.63, 3.8) is 0 Å². The van der Waals surface area contributed by atoms with Gasteiger partial charge in [-0.25, -0.2) is 0 Å². The molecule has 76 valence electrons. The second kappa shape index (κ2) is 4.60. The molecule has 4 heteroatoms. The van der Waals surface area contributed by atoms with Crippen LogP contribution in [-0.2, 0) is 9.59 Å². The van der Waals surface area contributed by atoms with Gasteiger partial charge < -0.3 is 10.6 Å². The Morgan fingerprint density at radius 2 is 2.36 bits per heavy atom. The van der Waals surface area contributed by atoms with Crippen LogP contribution in [0, 0.1) is 0 Å². The second-order valence-electron chi connectivity index (χ2n) is 3.11. The van der Waals surface area contributed by atoms with E-state index in [1.165, 1.54) is 0 Å². The van der Waals surface area contributed by atoms with Gasteiger partial charge in [0.15, 0.2) is 0 Å². The van der Waals surface area contributed by atoms with Crippen molar-refractivity contribution in [2.45, 2.75) is 19.4 Å². The fourth-order valence-electron chi connectivity index (χ4n) is 1.30. The Hall–Kier alpha value is -1.58. The van der Waals surface area contributed by atoms with Gasteiger partial charge in [0.05, 0.1) is 6.54 Å². The molecule has 0 spiro atoms. The summed E-state index contributed by atoms with van der Waals surface area (Å²) in [5, 5.41) is 5.15. The number of hydrogen-bond acceptors (Lipinski definition) is 2. The van der Waals surface area contributed by atoms with Crippen molar-refractivity contribution < 1.29 is 9.59 Å². The summed E-state index contributed by atoms with van der Waals surface area (Å²) in [6.07, 6.45) is 4.06. The molecule has 2 N–H and O–H groups in total. The molecular weight excluding hydrogens is 180 g/mol. The average molecular weight is 194 g/mol. The average Bonchev–Trinajstić information content (AvgIpc) is 2.19. The van der Waals surface area contributed by atoms with Gasteiger partial charge in [-0.2, -0.15) is 0 Å². The molecule has 0 saturated carbocycles. The Labute approximate surface area is 83.1 Å². The minimum atomic E-state index is -0.458. The quantitative estimate of drug-likeness (QED) is 0.627. The third kappa shape index (κ3) is 2.45. The van der Waals surface area contributed by atoms with Crippen molar-refractivity contribution in [2.75, 3.05) is 6.54 Å². The monoisotopic (exact) mass is 194 g/mol. The Kier molecular flexibility index (Phi) is 3.45. The molecule has 1 heterocycles. The standard InChI is InChI=1S/C10H14N2O2/c1-3-7(4-2)5-8-10(14)11-6-9(13)12-8/h3-4,8H,1,5-6H2,2H3,(H,11,14)(H,12,13)/b7-4+. The smallest absolute Gasteiger partial charge is 0.243 e. The van der Waals surface area contributed by atoms with E-state index < -0.39 is 6.04 Å². The summed E-state index contributed by atoms with van der Waals surface area (Å²) in [5.74, 6) is -0.278. The third-order valence-electron chi connectivity index (χ3n) is 2.15. The molecule has 1 aliphatic rings. The first kappa shape index (κ1) is 10.5. The summed E-state index contributed by atoms with van der Waals surface area (Å²) in [4.78, 5) is 22.3. The van der Waals surface area contributed by atoms with Gasteiger partial charge in [-0.1, -0.05) is 24.3 Å². The molecule has 0 radical (unpaired) electrons. The van der Waals surface area contributed by atoms with E-state index in [-0.39, 0.29) is 18.4 Å². The molecule has 14 heavy (non-hydrogen) atoms. The lowest BCUT2D eigenvalue weighted by Gasteiger charge is -2.23. The molecule has 0 aliphatic carbocycles. The first-order chi connectivity index (χ1) is 6.67. The highest BCUT2D eigenvalue weighted by molar-refractivity contribution is 5.94. The van der Waals surface area contributed by atoms with Crippen LogP contribution in [0.25, 0.3) is 0 Å². The van der Waals surface area contributed by atoms with Crippen LogP contribution in [0.2, 0.25) is 0 Å². The van der Waals surface area contributed by atoms with Crippen molar-refractivity contribution in [3.05, 3.63) is 24.3 Å². The molecule has 2 amide bonds. The van der Waals surface area contributed by atoms with Crippen molar-refractivity contribution in [1.82, 2.24) is 10.6 Å². The molecule has 0 aromatic heterocycles. The fraction of sp³-hybridized carbons (Fsp3) is 0.400. The molecule has 0 bridgehead atoms. The lowest BCUT2D eigenvalue weighted by molar-refractivity contribution is -0.133. The van der Waals surface area contributed by atoms with Gasteiger partial charge in [0, 0.05) is 6.42 Å². The van der Waals surface area contributed by atoms with E-state index in [1.54, 1.807) is 6.08 Å². The van der Waals surface area contributed by atoms with Crippen molar-refractivity contribution in [3.8, 4) is 0 Å². The summed E-state index contributed by atoms with van der Waals surface area (Å²) < 4.78 is 0. The SMILES string of the molecule is C=C/C(=C\C)CC1NC(=O)CNC1=O. The zero-order valence-electron chi connectivity index (χ0n) is 8.17. The van der Waals surface area contributed by atoms with Gasteiger partial charge in [-0.05, 0) is 6.92 Å². The van der Waals surface area contributed by atoms with E-state index in [2.05, 4.69) is 17.2 Å². The summed E-state index contributed by atoms with van der Waals surface area (Å²) in [6, 6.07) is -0.458. The molecule has 1 atom stereocenters. The normalized spacial score (nSPS) is 22.6. The minimum absolute atomic E-state index is 0.0780. The summed E-state index contributed by atoms with van der Waals surface area (Å²) in [7, 11) is 0. The van der Waals surface area contributed by atoms with E-state index in [4.69, 9.17) is 0 Å². The van der Waals surface area contributed by atoms with Gasteiger partial charge >= 0.3 is 0 Å². The Bertz CT molecular complexity index is 294.